The van der Waals surface area contributed by atoms with E-state index in [-0.39, 0.29) is 18.2 Å². The van der Waals surface area contributed by atoms with Gasteiger partial charge in [-0.25, -0.2) is 0 Å². The van der Waals surface area contributed by atoms with Crippen molar-refractivity contribution in [2.24, 2.45) is 23.5 Å². The summed E-state index contributed by atoms with van der Waals surface area (Å²) in [4.78, 5) is 11.2. The second-order valence-corrected chi connectivity index (χ2v) is 3.56. The first-order valence-electron chi connectivity index (χ1n) is 4.22. The number of allylic oxidation sites excluding steroid dienone is 2. The van der Waals surface area contributed by atoms with Crippen molar-refractivity contribution in [2.75, 3.05) is 6.54 Å². The molecule has 60 valence electrons. The Hall–Kier alpha value is -0.630. The summed E-state index contributed by atoms with van der Waals surface area (Å²) < 4.78 is 0. The van der Waals surface area contributed by atoms with Gasteiger partial charge in [0.15, 0.2) is 0 Å². The molecule has 11 heavy (non-hydrogen) atoms. The Balaban J connectivity index is 2.08. The second-order valence-electron chi connectivity index (χ2n) is 3.56. The van der Waals surface area contributed by atoms with Gasteiger partial charge >= 0.3 is 0 Å². The highest BCUT2D eigenvalue weighted by Crippen LogP contribution is 2.43. The topological polar surface area (TPSA) is 43.1 Å². The van der Waals surface area contributed by atoms with Gasteiger partial charge in [-0.2, -0.15) is 0 Å². The Morgan fingerprint density at radius 3 is 2.73 bits per heavy atom. The van der Waals surface area contributed by atoms with Gasteiger partial charge in [-0.1, -0.05) is 12.2 Å². The zero-order valence-electron chi connectivity index (χ0n) is 6.49. The van der Waals surface area contributed by atoms with Crippen LogP contribution in [0.3, 0.4) is 0 Å². The Morgan fingerprint density at radius 2 is 2.27 bits per heavy atom. The standard InChI is InChI=1S/C9H13NO/c10-5-9(11)8-4-6-1-2-7(8)3-6/h1-2,6-8H,3-5,10H2. The van der Waals surface area contributed by atoms with Crippen molar-refractivity contribution in [1.82, 2.24) is 0 Å². The number of hydrogen-bond acceptors (Lipinski definition) is 2. The minimum absolute atomic E-state index is 0.224. The van der Waals surface area contributed by atoms with Gasteiger partial charge in [0.1, 0.15) is 5.78 Å². The highest BCUT2D eigenvalue weighted by Gasteiger charge is 2.38. The summed E-state index contributed by atoms with van der Waals surface area (Å²) in [6.07, 6.45) is 6.67. The molecule has 2 aliphatic rings. The number of rotatable bonds is 2. The van der Waals surface area contributed by atoms with Crippen LogP contribution in [0.1, 0.15) is 12.8 Å². The molecule has 3 atom stereocenters. The van der Waals surface area contributed by atoms with Gasteiger partial charge in [0.2, 0.25) is 0 Å². The lowest BCUT2D eigenvalue weighted by Crippen LogP contribution is -2.25. The van der Waals surface area contributed by atoms with E-state index in [0.29, 0.717) is 11.8 Å². The monoisotopic (exact) mass is 151 g/mol. The van der Waals surface area contributed by atoms with Crippen LogP contribution in [0.15, 0.2) is 12.2 Å². The predicted octanol–water partition coefficient (Wildman–Crippen LogP) is 0.726. The van der Waals surface area contributed by atoms with Crippen LogP contribution in [0.25, 0.3) is 0 Å². The molecule has 0 aliphatic heterocycles. The van der Waals surface area contributed by atoms with E-state index in [1.165, 1.54) is 6.42 Å². The maximum Gasteiger partial charge on any atom is 0.150 e. The molecule has 0 aromatic rings. The molecule has 2 nitrogen and oxygen atoms in total. The van der Waals surface area contributed by atoms with Gasteiger partial charge in [-0.05, 0) is 24.7 Å². The van der Waals surface area contributed by atoms with Crippen molar-refractivity contribution < 1.29 is 4.79 Å². The fraction of sp³-hybridized carbons (Fsp3) is 0.667. The Labute approximate surface area is 66.5 Å². The van der Waals surface area contributed by atoms with E-state index in [2.05, 4.69) is 12.2 Å². The quantitative estimate of drug-likeness (QED) is 0.591. The van der Waals surface area contributed by atoms with E-state index in [1.807, 2.05) is 0 Å². The van der Waals surface area contributed by atoms with Crippen LogP contribution >= 0.6 is 0 Å². The fourth-order valence-corrected chi connectivity index (χ4v) is 2.30. The van der Waals surface area contributed by atoms with Crippen LogP contribution in [0.5, 0.6) is 0 Å². The number of ketones is 1. The molecule has 0 spiro atoms. The molecule has 2 bridgehead atoms. The minimum Gasteiger partial charge on any atom is -0.324 e. The third-order valence-electron chi connectivity index (χ3n) is 2.89. The summed E-state index contributed by atoms with van der Waals surface area (Å²) >= 11 is 0. The lowest BCUT2D eigenvalue weighted by Gasteiger charge is -2.14. The van der Waals surface area contributed by atoms with Crippen molar-refractivity contribution in [2.45, 2.75) is 12.8 Å². The molecule has 2 heteroatoms. The molecular formula is C9H13NO. The molecule has 1 saturated carbocycles. The average molecular weight is 151 g/mol. The molecule has 1 fully saturated rings. The van der Waals surface area contributed by atoms with E-state index in [0.717, 1.165) is 6.42 Å². The number of Topliss-reactive ketones (excluding diaryl/α,β-unsaturated/α-hetero) is 1. The van der Waals surface area contributed by atoms with Crippen LogP contribution in [-0.4, -0.2) is 12.3 Å². The van der Waals surface area contributed by atoms with E-state index in [1.54, 1.807) is 0 Å². The molecule has 0 heterocycles. The SMILES string of the molecule is NCC(=O)C1CC2C=CC1C2. The third kappa shape index (κ3) is 1.02. The van der Waals surface area contributed by atoms with Gasteiger partial charge in [-0.15, -0.1) is 0 Å². The molecule has 3 unspecified atom stereocenters. The van der Waals surface area contributed by atoms with Crippen molar-refractivity contribution in [1.29, 1.82) is 0 Å². The molecule has 0 amide bonds. The van der Waals surface area contributed by atoms with Crippen molar-refractivity contribution in [3.05, 3.63) is 12.2 Å². The lowest BCUT2D eigenvalue weighted by atomic mass is 9.90. The van der Waals surface area contributed by atoms with Crippen LogP contribution < -0.4 is 5.73 Å². The van der Waals surface area contributed by atoms with Crippen molar-refractivity contribution >= 4 is 5.78 Å². The van der Waals surface area contributed by atoms with Gasteiger partial charge < -0.3 is 5.73 Å². The summed E-state index contributed by atoms with van der Waals surface area (Å²) in [5, 5.41) is 0. The summed E-state index contributed by atoms with van der Waals surface area (Å²) in [6.45, 7) is 0.224. The first kappa shape index (κ1) is 7.04. The van der Waals surface area contributed by atoms with Crippen LogP contribution in [-0.2, 0) is 4.79 Å². The third-order valence-corrected chi connectivity index (χ3v) is 2.89. The summed E-state index contributed by atoms with van der Waals surface area (Å²) in [7, 11) is 0. The average Bonchev–Trinajstić information content (AvgIpc) is 2.62. The van der Waals surface area contributed by atoms with Crippen molar-refractivity contribution in [3.63, 3.8) is 0 Å². The van der Waals surface area contributed by atoms with E-state index >= 15 is 0 Å². The van der Waals surface area contributed by atoms with Crippen LogP contribution in [0, 0.1) is 17.8 Å². The maximum absolute atomic E-state index is 11.2. The normalized spacial score (nSPS) is 39.9. The second kappa shape index (κ2) is 2.45. The number of nitrogens with two attached hydrogens (primary N) is 1. The van der Waals surface area contributed by atoms with Gasteiger partial charge in [0, 0.05) is 5.92 Å². The Kier molecular flexibility index (Phi) is 1.57. The van der Waals surface area contributed by atoms with Gasteiger partial charge in [0.25, 0.3) is 0 Å². The first-order chi connectivity index (χ1) is 5.31. The largest absolute Gasteiger partial charge is 0.324 e. The molecular weight excluding hydrogens is 138 g/mol. The van der Waals surface area contributed by atoms with E-state index in [9.17, 15) is 4.79 Å². The summed E-state index contributed by atoms with van der Waals surface area (Å²) in [5.74, 6) is 1.72. The van der Waals surface area contributed by atoms with E-state index in [4.69, 9.17) is 5.73 Å². The minimum atomic E-state index is 0.224. The Bertz CT molecular complexity index is 210. The van der Waals surface area contributed by atoms with E-state index < -0.39 is 0 Å². The summed E-state index contributed by atoms with van der Waals surface area (Å²) in [6, 6.07) is 0. The fourth-order valence-electron chi connectivity index (χ4n) is 2.30. The maximum atomic E-state index is 11.2. The molecule has 0 saturated heterocycles. The molecule has 0 aromatic heterocycles. The molecule has 2 aliphatic carbocycles. The number of hydrogen-bond donors (Lipinski definition) is 1. The number of carbonyl (C=O) groups excluding carboxylic acids is 1. The zero-order valence-corrected chi connectivity index (χ0v) is 6.49. The van der Waals surface area contributed by atoms with Gasteiger partial charge in [0.05, 0.1) is 6.54 Å². The predicted molar refractivity (Wildman–Crippen MR) is 42.9 cm³/mol. The highest BCUT2D eigenvalue weighted by molar-refractivity contribution is 5.83. The number of fused-ring (bicyclic) bond motifs is 2. The van der Waals surface area contributed by atoms with Gasteiger partial charge in [-0.3, -0.25) is 4.79 Å². The summed E-state index contributed by atoms with van der Waals surface area (Å²) in [5.41, 5.74) is 5.31. The number of carbonyl (C=O) groups is 1. The van der Waals surface area contributed by atoms with Crippen LogP contribution in [0.4, 0.5) is 0 Å². The molecule has 2 N–H and O–H groups in total. The highest BCUT2D eigenvalue weighted by atomic mass is 16.1. The molecule has 0 radical (unpaired) electrons. The molecule has 2 rings (SSSR count). The first-order valence-corrected chi connectivity index (χ1v) is 4.22. The van der Waals surface area contributed by atoms with Crippen molar-refractivity contribution in [3.8, 4) is 0 Å². The lowest BCUT2D eigenvalue weighted by molar-refractivity contribution is -0.122. The zero-order chi connectivity index (χ0) is 7.84. The Morgan fingerprint density at radius 1 is 1.45 bits per heavy atom. The smallest absolute Gasteiger partial charge is 0.150 e. The molecule has 0 aromatic carbocycles. The van der Waals surface area contributed by atoms with Crippen LogP contribution in [0.2, 0.25) is 0 Å².